The number of hydrogen-bond acceptors (Lipinski definition) is 2. The molecule has 0 amide bonds. The van der Waals surface area contributed by atoms with Crippen molar-refractivity contribution in [2.45, 2.75) is 18.8 Å². The topological polar surface area (TPSA) is 37.3 Å². The monoisotopic (exact) mass is 228 g/mol. The Balaban J connectivity index is 1.86. The number of allylic oxidation sites excluding steroid dienone is 2. The van der Waals surface area contributed by atoms with Crippen molar-refractivity contribution in [1.29, 1.82) is 0 Å². The maximum atomic E-state index is 11.4. The van der Waals surface area contributed by atoms with Gasteiger partial charge in [0, 0.05) is 5.92 Å². The predicted molar refractivity (Wildman–Crippen MR) is 65.8 cm³/mol. The highest BCUT2D eigenvalue weighted by atomic mass is 16.3. The fraction of sp³-hybridized carbons (Fsp3) is 0.400. The summed E-state index contributed by atoms with van der Waals surface area (Å²) in [5, 5.41) is 9.28. The molecule has 2 bridgehead atoms. The molecule has 1 N–H and O–H groups in total. The molecule has 2 aliphatic carbocycles. The second-order valence-electron chi connectivity index (χ2n) is 5.20. The molecule has 0 aromatic heterocycles. The van der Waals surface area contributed by atoms with Crippen LogP contribution in [0.4, 0.5) is 0 Å². The van der Waals surface area contributed by atoms with Crippen molar-refractivity contribution in [3.05, 3.63) is 42.0 Å². The van der Waals surface area contributed by atoms with E-state index in [1.54, 1.807) is 12.1 Å². The van der Waals surface area contributed by atoms with Gasteiger partial charge in [-0.1, -0.05) is 24.3 Å². The molecule has 2 nitrogen and oxygen atoms in total. The van der Waals surface area contributed by atoms with Gasteiger partial charge in [0.05, 0.1) is 0 Å². The lowest BCUT2D eigenvalue weighted by Gasteiger charge is -2.24. The predicted octanol–water partition coefficient (Wildman–Crippen LogP) is 2.89. The van der Waals surface area contributed by atoms with Gasteiger partial charge in [-0.3, -0.25) is 0 Å². The summed E-state index contributed by atoms with van der Waals surface area (Å²) in [6, 6.07) is 7.05. The van der Waals surface area contributed by atoms with Crippen molar-refractivity contribution in [3.8, 4) is 5.75 Å². The third kappa shape index (κ3) is 1.78. The molecule has 2 heteroatoms. The number of fused-ring (bicyclic) bond motifs is 2. The van der Waals surface area contributed by atoms with Crippen molar-refractivity contribution >= 4 is 6.29 Å². The van der Waals surface area contributed by atoms with Crippen LogP contribution < -0.4 is 0 Å². The third-order valence-corrected chi connectivity index (χ3v) is 4.22. The number of carbonyl (C=O) groups is 1. The van der Waals surface area contributed by atoms with Crippen LogP contribution in [-0.4, -0.2) is 11.4 Å². The van der Waals surface area contributed by atoms with Crippen LogP contribution in [0.3, 0.4) is 0 Å². The van der Waals surface area contributed by atoms with E-state index < -0.39 is 0 Å². The third-order valence-electron chi connectivity index (χ3n) is 4.22. The Kier molecular flexibility index (Phi) is 2.50. The highest BCUT2D eigenvalue weighted by molar-refractivity contribution is 5.63. The zero-order chi connectivity index (χ0) is 11.8. The first-order chi connectivity index (χ1) is 8.28. The fourth-order valence-corrected chi connectivity index (χ4v) is 3.36. The average molecular weight is 228 g/mol. The molecule has 4 unspecified atom stereocenters. The van der Waals surface area contributed by atoms with E-state index in [0.29, 0.717) is 17.8 Å². The van der Waals surface area contributed by atoms with Crippen LogP contribution in [0, 0.1) is 17.8 Å². The van der Waals surface area contributed by atoms with E-state index >= 15 is 0 Å². The van der Waals surface area contributed by atoms with Crippen LogP contribution in [-0.2, 0) is 4.79 Å². The number of hydrogen-bond donors (Lipinski definition) is 1. The summed E-state index contributed by atoms with van der Waals surface area (Å²) in [7, 11) is 0. The maximum Gasteiger partial charge on any atom is 0.127 e. The van der Waals surface area contributed by atoms with Gasteiger partial charge in [0.25, 0.3) is 0 Å². The number of phenolic OH excluding ortho intramolecular Hbond substituents is 1. The Labute approximate surface area is 101 Å². The fourth-order valence-electron chi connectivity index (χ4n) is 3.36. The van der Waals surface area contributed by atoms with Gasteiger partial charge >= 0.3 is 0 Å². The molecular weight excluding hydrogens is 212 g/mol. The van der Waals surface area contributed by atoms with Crippen molar-refractivity contribution in [2.24, 2.45) is 17.8 Å². The SMILES string of the molecule is O=CC(c1ccc(O)cc1)C1CC2C=CC1C2. The lowest BCUT2D eigenvalue weighted by molar-refractivity contribution is -0.110. The first kappa shape index (κ1) is 10.6. The largest absolute Gasteiger partial charge is 0.508 e. The molecule has 1 aromatic carbocycles. The highest BCUT2D eigenvalue weighted by Crippen LogP contribution is 2.48. The van der Waals surface area contributed by atoms with Crippen LogP contribution in [0.2, 0.25) is 0 Å². The molecule has 4 atom stereocenters. The van der Waals surface area contributed by atoms with E-state index in [9.17, 15) is 9.90 Å². The van der Waals surface area contributed by atoms with Gasteiger partial charge in [-0.05, 0) is 48.3 Å². The zero-order valence-electron chi connectivity index (χ0n) is 9.62. The normalized spacial score (nSPS) is 31.6. The summed E-state index contributed by atoms with van der Waals surface area (Å²) >= 11 is 0. The molecule has 3 rings (SSSR count). The summed E-state index contributed by atoms with van der Waals surface area (Å²) in [6.45, 7) is 0. The molecule has 1 fully saturated rings. The number of rotatable bonds is 3. The minimum atomic E-state index is -0.0180. The number of phenols is 1. The molecule has 2 aliphatic rings. The molecule has 0 heterocycles. The van der Waals surface area contributed by atoms with Crippen molar-refractivity contribution in [3.63, 3.8) is 0 Å². The summed E-state index contributed by atoms with van der Waals surface area (Å²) < 4.78 is 0. The first-order valence-electron chi connectivity index (χ1n) is 6.20. The second-order valence-corrected chi connectivity index (χ2v) is 5.20. The van der Waals surface area contributed by atoms with Gasteiger partial charge in [0.1, 0.15) is 12.0 Å². The highest BCUT2D eigenvalue weighted by Gasteiger charge is 2.40. The Bertz CT molecular complexity index is 446. The van der Waals surface area contributed by atoms with E-state index in [4.69, 9.17) is 0 Å². The van der Waals surface area contributed by atoms with E-state index in [-0.39, 0.29) is 11.7 Å². The molecule has 88 valence electrons. The van der Waals surface area contributed by atoms with Crippen molar-refractivity contribution < 1.29 is 9.90 Å². The molecule has 0 aliphatic heterocycles. The lowest BCUT2D eigenvalue weighted by Crippen LogP contribution is -2.18. The minimum absolute atomic E-state index is 0.0180. The van der Waals surface area contributed by atoms with Crippen LogP contribution in [0.25, 0.3) is 0 Å². The van der Waals surface area contributed by atoms with E-state index in [2.05, 4.69) is 12.2 Å². The number of benzene rings is 1. The number of aromatic hydroxyl groups is 1. The van der Waals surface area contributed by atoms with Gasteiger partial charge in [0.15, 0.2) is 0 Å². The zero-order valence-corrected chi connectivity index (χ0v) is 9.62. The van der Waals surface area contributed by atoms with Crippen molar-refractivity contribution in [1.82, 2.24) is 0 Å². The van der Waals surface area contributed by atoms with Gasteiger partial charge in [-0.25, -0.2) is 0 Å². The Morgan fingerprint density at radius 3 is 2.47 bits per heavy atom. The molecule has 17 heavy (non-hydrogen) atoms. The molecule has 0 radical (unpaired) electrons. The Hall–Kier alpha value is -1.57. The molecular formula is C15H16O2. The summed E-state index contributed by atoms with van der Waals surface area (Å²) in [5.41, 5.74) is 1.03. The lowest BCUT2D eigenvalue weighted by atomic mass is 9.79. The summed E-state index contributed by atoms with van der Waals surface area (Å²) in [6.07, 6.45) is 7.99. The van der Waals surface area contributed by atoms with Gasteiger partial charge in [-0.15, -0.1) is 0 Å². The van der Waals surface area contributed by atoms with Gasteiger partial charge in [-0.2, -0.15) is 0 Å². The number of carbonyl (C=O) groups excluding carboxylic acids is 1. The van der Waals surface area contributed by atoms with E-state index in [0.717, 1.165) is 18.3 Å². The molecule has 0 spiro atoms. The maximum absolute atomic E-state index is 11.4. The number of aldehydes is 1. The average Bonchev–Trinajstić information content (AvgIpc) is 2.95. The summed E-state index contributed by atoms with van der Waals surface area (Å²) in [4.78, 5) is 11.4. The van der Waals surface area contributed by atoms with Crippen LogP contribution in [0.5, 0.6) is 5.75 Å². The van der Waals surface area contributed by atoms with Crippen molar-refractivity contribution in [2.75, 3.05) is 0 Å². The van der Waals surface area contributed by atoms with Gasteiger partial charge < -0.3 is 9.90 Å². The smallest absolute Gasteiger partial charge is 0.127 e. The summed E-state index contributed by atoms with van der Waals surface area (Å²) in [5.74, 6) is 1.95. The van der Waals surface area contributed by atoms with Crippen LogP contribution in [0.15, 0.2) is 36.4 Å². The van der Waals surface area contributed by atoms with E-state index in [1.807, 2.05) is 12.1 Å². The quantitative estimate of drug-likeness (QED) is 0.638. The molecule has 1 aromatic rings. The van der Waals surface area contributed by atoms with Crippen LogP contribution in [0.1, 0.15) is 24.3 Å². The minimum Gasteiger partial charge on any atom is -0.508 e. The van der Waals surface area contributed by atoms with Gasteiger partial charge in [0.2, 0.25) is 0 Å². The Morgan fingerprint density at radius 1 is 1.18 bits per heavy atom. The second kappa shape index (κ2) is 4.02. The Morgan fingerprint density at radius 2 is 1.94 bits per heavy atom. The molecule has 1 saturated carbocycles. The standard InChI is InChI=1S/C15H16O2/c16-9-15(11-3-5-13(17)6-4-11)14-8-10-1-2-12(14)7-10/h1-6,9-10,12,14-15,17H,7-8H2. The van der Waals surface area contributed by atoms with Crippen LogP contribution >= 0.6 is 0 Å². The molecule has 0 saturated heterocycles. The first-order valence-corrected chi connectivity index (χ1v) is 6.20. The van der Waals surface area contributed by atoms with E-state index in [1.165, 1.54) is 6.42 Å².